The average molecular weight is 334 g/mol. The van der Waals surface area contributed by atoms with Gasteiger partial charge in [-0.05, 0) is 87.4 Å². The maximum Gasteiger partial charge on any atom is 0.133 e. The van der Waals surface area contributed by atoms with Gasteiger partial charge in [-0.25, -0.2) is 0 Å². The van der Waals surface area contributed by atoms with E-state index < -0.39 is 0 Å². The van der Waals surface area contributed by atoms with Crippen LogP contribution in [0.1, 0.15) is 72.1 Å². The zero-order valence-electron chi connectivity index (χ0n) is 15.6. The van der Waals surface area contributed by atoms with Crippen molar-refractivity contribution in [3.63, 3.8) is 0 Å². The van der Waals surface area contributed by atoms with E-state index in [1.54, 1.807) is 6.92 Å². The van der Waals surface area contributed by atoms with Gasteiger partial charge in [0.15, 0.2) is 0 Å². The Morgan fingerprint density at radius 3 is 2.50 bits per heavy atom. The number of fused-ring (bicyclic) bond motifs is 5. The van der Waals surface area contributed by atoms with Crippen molar-refractivity contribution in [3.05, 3.63) is 0 Å². The molecule has 0 unspecified atom stereocenters. The van der Waals surface area contributed by atoms with Crippen LogP contribution in [0.5, 0.6) is 0 Å². The quantitative estimate of drug-likeness (QED) is 0.771. The number of ketones is 1. The van der Waals surface area contributed by atoms with Crippen LogP contribution in [-0.4, -0.2) is 23.0 Å². The van der Waals surface area contributed by atoms with Gasteiger partial charge in [0.1, 0.15) is 5.78 Å². The van der Waals surface area contributed by atoms with Gasteiger partial charge in [-0.3, -0.25) is 4.79 Å². The van der Waals surface area contributed by atoms with Crippen molar-refractivity contribution >= 4 is 5.78 Å². The summed E-state index contributed by atoms with van der Waals surface area (Å²) in [7, 11) is 0. The molecule has 0 aliphatic heterocycles. The third kappa shape index (κ3) is 2.13. The molecule has 0 saturated heterocycles. The lowest BCUT2D eigenvalue weighted by Crippen LogP contribution is -2.59. The molecule has 3 heteroatoms. The van der Waals surface area contributed by atoms with Gasteiger partial charge >= 0.3 is 0 Å². The minimum atomic E-state index is -0.314. The number of aliphatic hydroxyl groups excluding tert-OH is 1. The molecule has 0 aromatic carbocycles. The highest BCUT2D eigenvalue weighted by atomic mass is 16.3. The minimum Gasteiger partial charge on any atom is -0.393 e. The summed E-state index contributed by atoms with van der Waals surface area (Å²) < 4.78 is 0. The zero-order chi connectivity index (χ0) is 17.3. The first-order chi connectivity index (χ1) is 11.3. The molecule has 4 rings (SSSR count). The number of carbonyl (C=O) groups is 1. The number of Topliss-reactive ketones (excluding diaryl/α,β-unsaturated/α-hetero) is 1. The van der Waals surface area contributed by atoms with Gasteiger partial charge in [0.25, 0.3) is 0 Å². The molecule has 9 atom stereocenters. The third-order valence-electron chi connectivity index (χ3n) is 9.30. The molecule has 3 N–H and O–H groups in total. The van der Waals surface area contributed by atoms with Gasteiger partial charge < -0.3 is 10.8 Å². The first-order valence-corrected chi connectivity index (χ1v) is 10.2. The van der Waals surface area contributed by atoms with Crippen LogP contribution in [-0.2, 0) is 4.79 Å². The Kier molecular flexibility index (Phi) is 3.93. The summed E-state index contributed by atoms with van der Waals surface area (Å²) in [6, 6.07) is 0.381. The minimum absolute atomic E-state index is 0.0729. The lowest BCUT2D eigenvalue weighted by molar-refractivity contribution is -0.168. The van der Waals surface area contributed by atoms with Gasteiger partial charge in [-0.15, -0.1) is 0 Å². The topological polar surface area (TPSA) is 63.3 Å². The van der Waals surface area contributed by atoms with Crippen LogP contribution in [0.2, 0.25) is 0 Å². The number of nitrogens with two attached hydrogens (primary N) is 1. The second kappa shape index (κ2) is 5.54. The monoisotopic (exact) mass is 333 g/mol. The van der Waals surface area contributed by atoms with E-state index in [4.69, 9.17) is 5.73 Å². The van der Waals surface area contributed by atoms with E-state index in [1.165, 1.54) is 25.7 Å². The Hall–Kier alpha value is -0.410. The number of rotatable bonds is 1. The molecule has 0 amide bonds. The van der Waals surface area contributed by atoms with Crippen LogP contribution in [0.3, 0.4) is 0 Å². The van der Waals surface area contributed by atoms with Crippen molar-refractivity contribution in [2.45, 2.75) is 84.3 Å². The normalized spacial score (nSPS) is 57.0. The van der Waals surface area contributed by atoms with E-state index >= 15 is 0 Å². The number of hydrogen-bond acceptors (Lipinski definition) is 3. The fourth-order valence-corrected chi connectivity index (χ4v) is 7.92. The number of hydrogen-bond donors (Lipinski definition) is 2. The van der Waals surface area contributed by atoms with Gasteiger partial charge in [0.05, 0.1) is 6.10 Å². The van der Waals surface area contributed by atoms with E-state index in [0.717, 1.165) is 31.6 Å². The van der Waals surface area contributed by atoms with Crippen molar-refractivity contribution in [2.75, 3.05) is 0 Å². The Morgan fingerprint density at radius 1 is 1.04 bits per heavy atom. The maximum absolute atomic E-state index is 12.2. The highest BCUT2D eigenvalue weighted by Crippen LogP contribution is 2.67. The SMILES string of the molecule is CC(=O)[C@@H]1CC[C@@H]2[C@@H]3CC[C@H]4C[C@H](N)CC[C@]4(C)[C@H]3C[C@@H](O)[C@@]21C. The molecule has 136 valence electrons. The lowest BCUT2D eigenvalue weighted by Gasteiger charge is -2.62. The molecule has 24 heavy (non-hydrogen) atoms. The second-order valence-corrected chi connectivity index (χ2v) is 10.0. The third-order valence-corrected chi connectivity index (χ3v) is 9.30. The van der Waals surface area contributed by atoms with Crippen LogP contribution < -0.4 is 5.73 Å². The predicted molar refractivity (Wildman–Crippen MR) is 95.3 cm³/mol. The second-order valence-electron chi connectivity index (χ2n) is 10.0. The van der Waals surface area contributed by atoms with Crippen LogP contribution >= 0.6 is 0 Å². The zero-order valence-corrected chi connectivity index (χ0v) is 15.6. The summed E-state index contributed by atoms with van der Waals surface area (Å²) >= 11 is 0. The molecule has 0 heterocycles. The fraction of sp³-hybridized carbons (Fsp3) is 0.952. The molecule has 4 aliphatic carbocycles. The van der Waals surface area contributed by atoms with E-state index in [0.29, 0.717) is 35.0 Å². The van der Waals surface area contributed by atoms with Crippen LogP contribution in [0.25, 0.3) is 0 Å². The Balaban J connectivity index is 1.66. The molecule has 4 fully saturated rings. The van der Waals surface area contributed by atoms with Crippen molar-refractivity contribution in [1.82, 2.24) is 0 Å². The highest BCUT2D eigenvalue weighted by molar-refractivity contribution is 5.79. The highest BCUT2D eigenvalue weighted by Gasteiger charge is 2.63. The first-order valence-electron chi connectivity index (χ1n) is 10.2. The Morgan fingerprint density at radius 2 is 1.79 bits per heavy atom. The molecule has 0 aromatic heterocycles. The van der Waals surface area contributed by atoms with Gasteiger partial charge in [0.2, 0.25) is 0 Å². The standard InChI is InChI=1S/C21H35NO2/c1-12(23)16-6-7-17-15-5-4-13-10-14(22)8-9-20(13,2)18(15)11-19(24)21(16,17)3/h13-19,24H,4-11,22H2,1-3H3/t13-,14+,15-,16-,17+,18-,19+,20-,21+/m0/s1. The molecular formula is C21H35NO2. The summed E-state index contributed by atoms with van der Waals surface area (Å²) in [5, 5.41) is 11.2. The molecule has 4 saturated carbocycles. The van der Waals surface area contributed by atoms with E-state index in [1.807, 2.05) is 0 Å². The summed E-state index contributed by atoms with van der Waals surface area (Å²) in [5.41, 5.74) is 6.44. The molecule has 0 spiro atoms. The predicted octanol–water partition coefficient (Wildman–Crippen LogP) is 3.53. The van der Waals surface area contributed by atoms with Crippen molar-refractivity contribution in [3.8, 4) is 0 Å². The van der Waals surface area contributed by atoms with Crippen molar-refractivity contribution in [1.29, 1.82) is 0 Å². The molecular weight excluding hydrogens is 298 g/mol. The van der Waals surface area contributed by atoms with Gasteiger partial charge in [-0.2, -0.15) is 0 Å². The average Bonchev–Trinajstić information content (AvgIpc) is 2.88. The molecule has 0 bridgehead atoms. The largest absolute Gasteiger partial charge is 0.393 e. The van der Waals surface area contributed by atoms with Gasteiger partial charge in [0, 0.05) is 17.4 Å². The molecule has 0 radical (unpaired) electrons. The summed E-state index contributed by atoms with van der Waals surface area (Å²) in [5.74, 6) is 2.98. The number of carbonyl (C=O) groups excluding carboxylic acids is 1. The smallest absolute Gasteiger partial charge is 0.133 e. The summed E-state index contributed by atoms with van der Waals surface area (Å²) in [6.45, 7) is 6.45. The summed E-state index contributed by atoms with van der Waals surface area (Å²) in [6.07, 6.45) is 8.86. The lowest BCUT2D eigenvalue weighted by atomic mass is 9.44. The number of aliphatic hydroxyl groups is 1. The molecule has 0 aromatic rings. The molecule has 3 nitrogen and oxygen atoms in total. The fourth-order valence-electron chi connectivity index (χ4n) is 7.92. The van der Waals surface area contributed by atoms with Crippen LogP contribution in [0.4, 0.5) is 0 Å². The first kappa shape index (κ1) is 17.0. The van der Waals surface area contributed by atoms with E-state index in [9.17, 15) is 9.90 Å². The Labute approximate surface area is 146 Å². The Bertz CT molecular complexity index is 534. The van der Waals surface area contributed by atoms with Crippen LogP contribution in [0, 0.1) is 40.4 Å². The molecule has 4 aliphatic rings. The van der Waals surface area contributed by atoms with Crippen molar-refractivity contribution < 1.29 is 9.90 Å². The van der Waals surface area contributed by atoms with Crippen LogP contribution in [0.15, 0.2) is 0 Å². The maximum atomic E-state index is 12.2. The summed E-state index contributed by atoms with van der Waals surface area (Å²) in [4.78, 5) is 12.2. The van der Waals surface area contributed by atoms with E-state index in [2.05, 4.69) is 13.8 Å². The van der Waals surface area contributed by atoms with E-state index in [-0.39, 0.29) is 17.4 Å². The van der Waals surface area contributed by atoms with Gasteiger partial charge in [-0.1, -0.05) is 13.8 Å². The van der Waals surface area contributed by atoms with Crippen molar-refractivity contribution in [2.24, 2.45) is 46.2 Å².